The molecule has 0 fully saturated rings. The molecular weight excluding hydrogens is 262 g/mol. The van der Waals surface area contributed by atoms with E-state index in [-0.39, 0.29) is 0 Å². The quantitative estimate of drug-likeness (QED) is 0.754. The third-order valence-corrected chi connectivity index (χ3v) is 3.30. The predicted octanol–water partition coefficient (Wildman–Crippen LogP) is 3.40. The molecule has 0 amide bonds. The third kappa shape index (κ3) is 4.59. The highest BCUT2D eigenvalue weighted by Gasteiger charge is 2.04. The lowest BCUT2D eigenvalue weighted by Crippen LogP contribution is -2.32. The summed E-state index contributed by atoms with van der Waals surface area (Å²) >= 11 is 0. The predicted molar refractivity (Wildman–Crippen MR) is 87.9 cm³/mol. The van der Waals surface area contributed by atoms with Crippen molar-refractivity contribution in [2.75, 3.05) is 26.9 Å². The van der Waals surface area contributed by atoms with Crippen LogP contribution >= 0.6 is 0 Å². The Morgan fingerprint density at radius 3 is 2.76 bits per heavy atom. The molecule has 0 aliphatic carbocycles. The molecular formula is C18H23NO2. The summed E-state index contributed by atoms with van der Waals surface area (Å²) in [7, 11) is 1.70. The van der Waals surface area contributed by atoms with Crippen LogP contribution in [-0.2, 0) is 4.74 Å². The Morgan fingerprint density at radius 1 is 1.19 bits per heavy atom. The minimum Gasteiger partial charge on any atom is -0.489 e. The number of methoxy groups -OCH3 is 1. The normalized spacial score (nSPS) is 12.3. The van der Waals surface area contributed by atoms with E-state index in [4.69, 9.17) is 9.47 Å². The van der Waals surface area contributed by atoms with Crippen molar-refractivity contribution in [2.45, 2.75) is 13.0 Å². The first kappa shape index (κ1) is 15.5. The van der Waals surface area contributed by atoms with Gasteiger partial charge in [-0.05, 0) is 23.9 Å². The standard InChI is InChI=1S/C18H23NO2/c1-14(11-19-15(2)13-20-3)12-21-18-10-6-8-16-7-4-5-9-17(16)18/h4-10,15,19H,1,11-13H2,2-3H3. The van der Waals surface area contributed by atoms with Crippen LogP contribution in [0.2, 0.25) is 0 Å². The van der Waals surface area contributed by atoms with E-state index < -0.39 is 0 Å². The van der Waals surface area contributed by atoms with Crippen molar-refractivity contribution in [1.82, 2.24) is 5.32 Å². The summed E-state index contributed by atoms with van der Waals surface area (Å²) in [4.78, 5) is 0. The second-order valence-electron chi connectivity index (χ2n) is 5.25. The van der Waals surface area contributed by atoms with Crippen LogP contribution in [0.4, 0.5) is 0 Å². The van der Waals surface area contributed by atoms with Crippen LogP contribution in [-0.4, -0.2) is 32.9 Å². The summed E-state index contributed by atoms with van der Waals surface area (Å²) in [5.74, 6) is 0.902. The molecule has 0 saturated carbocycles. The van der Waals surface area contributed by atoms with Crippen LogP contribution in [0.1, 0.15) is 6.92 Å². The highest BCUT2D eigenvalue weighted by molar-refractivity contribution is 5.88. The highest BCUT2D eigenvalue weighted by atomic mass is 16.5. The van der Waals surface area contributed by atoms with Crippen molar-refractivity contribution < 1.29 is 9.47 Å². The summed E-state index contributed by atoms with van der Waals surface area (Å²) in [6.45, 7) is 8.08. The number of nitrogens with one attached hydrogen (secondary N) is 1. The van der Waals surface area contributed by atoms with E-state index in [0.717, 1.165) is 23.3 Å². The lowest BCUT2D eigenvalue weighted by molar-refractivity contribution is 0.173. The first-order valence-electron chi connectivity index (χ1n) is 7.20. The SMILES string of the molecule is C=C(CNC(C)COC)COc1cccc2ccccc12. The van der Waals surface area contributed by atoms with Crippen LogP contribution in [0.15, 0.2) is 54.6 Å². The largest absolute Gasteiger partial charge is 0.489 e. The number of fused-ring (bicyclic) bond motifs is 1. The van der Waals surface area contributed by atoms with Gasteiger partial charge in [0.1, 0.15) is 12.4 Å². The molecule has 1 unspecified atom stereocenters. The fraction of sp³-hybridized carbons (Fsp3) is 0.333. The Kier molecular flexibility index (Phi) is 5.78. The zero-order valence-corrected chi connectivity index (χ0v) is 12.8. The zero-order chi connectivity index (χ0) is 15.1. The minimum atomic E-state index is 0.310. The molecule has 2 aromatic rings. The number of benzene rings is 2. The topological polar surface area (TPSA) is 30.5 Å². The minimum absolute atomic E-state index is 0.310. The number of ether oxygens (including phenoxy) is 2. The summed E-state index contributed by atoms with van der Waals surface area (Å²) < 4.78 is 11.0. The van der Waals surface area contributed by atoms with Gasteiger partial charge in [0.05, 0.1) is 6.61 Å². The third-order valence-electron chi connectivity index (χ3n) is 3.30. The molecule has 0 bridgehead atoms. The van der Waals surface area contributed by atoms with Crippen molar-refractivity contribution in [1.29, 1.82) is 0 Å². The molecule has 3 nitrogen and oxygen atoms in total. The maximum Gasteiger partial charge on any atom is 0.127 e. The molecule has 0 heterocycles. The Morgan fingerprint density at radius 2 is 1.95 bits per heavy atom. The first-order valence-corrected chi connectivity index (χ1v) is 7.20. The molecule has 3 heteroatoms. The molecule has 0 aliphatic heterocycles. The fourth-order valence-electron chi connectivity index (χ4n) is 2.18. The molecule has 2 aromatic carbocycles. The van der Waals surface area contributed by atoms with Gasteiger partial charge in [0.15, 0.2) is 0 Å². The van der Waals surface area contributed by atoms with Gasteiger partial charge in [0.2, 0.25) is 0 Å². The van der Waals surface area contributed by atoms with Gasteiger partial charge in [0.25, 0.3) is 0 Å². The van der Waals surface area contributed by atoms with Crippen LogP contribution in [0.25, 0.3) is 10.8 Å². The monoisotopic (exact) mass is 285 g/mol. The summed E-state index contributed by atoms with van der Waals surface area (Å²) in [5.41, 5.74) is 1.02. The number of hydrogen-bond acceptors (Lipinski definition) is 3. The Labute approximate surface area is 126 Å². The van der Waals surface area contributed by atoms with Crippen molar-refractivity contribution in [3.05, 3.63) is 54.6 Å². The van der Waals surface area contributed by atoms with Gasteiger partial charge < -0.3 is 14.8 Å². The van der Waals surface area contributed by atoms with Crippen LogP contribution in [0, 0.1) is 0 Å². The number of rotatable bonds is 8. The molecule has 0 aliphatic rings. The van der Waals surface area contributed by atoms with Gasteiger partial charge in [0, 0.05) is 25.1 Å². The van der Waals surface area contributed by atoms with E-state index in [0.29, 0.717) is 19.3 Å². The maximum absolute atomic E-state index is 5.90. The second-order valence-corrected chi connectivity index (χ2v) is 5.25. The fourth-order valence-corrected chi connectivity index (χ4v) is 2.18. The van der Waals surface area contributed by atoms with Crippen LogP contribution in [0.3, 0.4) is 0 Å². The van der Waals surface area contributed by atoms with Crippen molar-refractivity contribution >= 4 is 10.8 Å². The molecule has 112 valence electrons. The van der Waals surface area contributed by atoms with Crippen molar-refractivity contribution in [2.24, 2.45) is 0 Å². The van der Waals surface area contributed by atoms with Gasteiger partial charge in [-0.25, -0.2) is 0 Å². The van der Waals surface area contributed by atoms with E-state index in [1.165, 1.54) is 5.39 Å². The molecule has 21 heavy (non-hydrogen) atoms. The van der Waals surface area contributed by atoms with Gasteiger partial charge in [-0.2, -0.15) is 0 Å². The van der Waals surface area contributed by atoms with E-state index in [1.807, 2.05) is 24.3 Å². The molecule has 2 rings (SSSR count). The van der Waals surface area contributed by atoms with Crippen LogP contribution < -0.4 is 10.1 Å². The molecule has 0 aromatic heterocycles. The first-order chi connectivity index (χ1) is 10.2. The zero-order valence-electron chi connectivity index (χ0n) is 12.8. The average Bonchev–Trinajstić information content (AvgIpc) is 2.51. The molecule has 0 saturated heterocycles. The Bertz CT molecular complexity index is 589. The van der Waals surface area contributed by atoms with Gasteiger partial charge in [-0.1, -0.05) is 43.0 Å². The smallest absolute Gasteiger partial charge is 0.127 e. The van der Waals surface area contributed by atoms with Gasteiger partial charge in [-0.15, -0.1) is 0 Å². The van der Waals surface area contributed by atoms with E-state index >= 15 is 0 Å². The Hall–Kier alpha value is -1.84. The average molecular weight is 285 g/mol. The van der Waals surface area contributed by atoms with Crippen LogP contribution in [0.5, 0.6) is 5.75 Å². The lowest BCUT2D eigenvalue weighted by Gasteiger charge is -2.15. The van der Waals surface area contributed by atoms with Gasteiger partial charge >= 0.3 is 0 Å². The second kappa shape index (κ2) is 7.81. The molecule has 1 N–H and O–H groups in total. The summed E-state index contributed by atoms with van der Waals surface area (Å²) in [6, 6.07) is 14.6. The van der Waals surface area contributed by atoms with E-state index in [9.17, 15) is 0 Å². The molecule has 0 spiro atoms. The maximum atomic E-state index is 5.90. The van der Waals surface area contributed by atoms with E-state index in [2.05, 4.69) is 37.0 Å². The van der Waals surface area contributed by atoms with Gasteiger partial charge in [-0.3, -0.25) is 0 Å². The van der Waals surface area contributed by atoms with Crippen molar-refractivity contribution in [3.63, 3.8) is 0 Å². The highest BCUT2D eigenvalue weighted by Crippen LogP contribution is 2.25. The molecule has 1 atom stereocenters. The lowest BCUT2D eigenvalue weighted by atomic mass is 10.1. The van der Waals surface area contributed by atoms with Crippen molar-refractivity contribution in [3.8, 4) is 5.75 Å². The molecule has 0 radical (unpaired) electrons. The Balaban J connectivity index is 1.88. The van der Waals surface area contributed by atoms with E-state index in [1.54, 1.807) is 7.11 Å². The summed E-state index contributed by atoms with van der Waals surface area (Å²) in [5, 5.41) is 5.67. The number of hydrogen-bond donors (Lipinski definition) is 1. The summed E-state index contributed by atoms with van der Waals surface area (Å²) in [6.07, 6.45) is 0.